The van der Waals surface area contributed by atoms with Crippen molar-refractivity contribution in [2.75, 3.05) is 0 Å². The lowest BCUT2D eigenvalue weighted by molar-refractivity contribution is 0.0693. The van der Waals surface area contributed by atoms with Gasteiger partial charge in [-0.25, -0.2) is 9.59 Å². The lowest BCUT2D eigenvalue weighted by atomic mass is 10.2. The van der Waals surface area contributed by atoms with Gasteiger partial charge < -0.3 is 14.9 Å². The number of benzene rings is 1. The van der Waals surface area contributed by atoms with Crippen LogP contribution in [0.15, 0.2) is 18.2 Å². The number of hydrogen-bond donors (Lipinski definition) is 2. The molecule has 1 aromatic rings. The van der Waals surface area contributed by atoms with E-state index in [1.165, 1.54) is 12.1 Å². The second-order valence-electron chi connectivity index (χ2n) is 2.31. The molecule has 6 heteroatoms. The molecule has 0 spiro atoms. The van der Waals surface area contributed by atoms with Gasteiger partial charge in [-0.3, -0.25) is 0 Å². The highest BCUT2D eigenvalue weighted by molar-refractivity contribution is 6.30. The average molecular weight is 217 g/mol. The number of halogens is 1. The Morgan fingerprint density at radius 3 is 2.43 bits per heavy atom. The first-order valence-electron chi connectivity index (χ1n) is 3.44. The van der Waals surface area contributed by atoms with Crippen LogP contribution >= 0.6 is 11.6 Å². The Morgan fingerprint density at radius 2 is 1.93 bits per heavy atom. The maximum absolute atomic E-state index is 10.6. The van der Waals surface area contributed by atoms with Gasteiger partial charge in [0.15, 0.2) is 5.75 Å². The Hall–Kier alpha value is -1.75. The van der Waals surface area contributed by atoms with Crippen LogP contribution < -0.4 is 4.74 Å². The van der Waals surface area contributed by atoms with E-state index in [1.807, 2.05) is 0 Å². The number of aromatic carboxylic acids is 1. The maximum atomic E-state index is 10.6. The lowest BCUT2D eigenvalue weighted by Crippen LogP contribution is -2.08. The smallest absolute Gasteiger partial charge is 0.478 e. The summed E-state index contributed by atoms with van der Waals surface area (Å²) in [6, 6.07) is 3.63. The van der Waals surface area contributed by atoms with E-state index in [0.29, 0.717) is 0 Å². The van der Waals surface area contributed by atoms with Gasteiger partial charge in [-0.05, 0) is 12.1 Å². The fraction of sp³-hybridized carbons (Fsp3) is 0. The third-order valence-electron chi connectivity index (χ3n) is 1.37. The summed E-state index contributed by atoms with van der Waals surface area (Å²) < 4.78 is 4.24. The fourth-order valence-corrected chi connectivity index (χ4v) is 1.01. The van der Waals surface area contributed by atoms with Crippen molar-refractivity contribution in [3.05, 3.63) is 28.8 Å². The SMILES string of the molecule is O=C(O)Oc1cc(Cl)ccc1C(=O)O. The molecule has 0 saturated heterocycles. The molecular formula is C8H5ClO5. The molecule has 1 rings (SSSR count). The molecule has 1 aromatic carbocycles. The van der Waals surface area contributed by atoms with E-state index in [4.69, 9.17) is 21.8 Å². The molecule has 74 valence electrons. The summed E-state index contributed by atoms with van der Waals surface area (Å²) >= 11 is 5.54. The van der Waals surface area contributed by atoms with Gasteiger partial charge in [0.2, 0.25) is 0 Å². The van der Waals surface area contributed by atoms with E-state index in [0.717, 1.165) is 6.07 Å². The van der Waals surface area contributed by atoms with E-state index >= 15 is 0 Å². The number of carboxylic acid groups (broad SMARTS) is 2. The van der Waals surface area contributed by atoms with E-state index in [-0.39, 0.29) is 16.3 Å². The third kappa shape index (κ3) is 2.37. The molecule has 14 heavy (non-hydrogen) atoms. The predicted octanol–water partition coefficient (Wildman–Crippen LogP) is 2.09. The summed E-state index contributed by atoms with van der Waals surface area (Å²) in [5.74, 6) is -1.57. The molecule has 0 atom stereocenters. The Morgan fingerprint density at radius 1 is 1.29 bits per heavy atom. The molecule has 0 amide bonds. The molecule has 0 fully saturated rings. The van der Waals surface area contributed by atoms with E-state index < -0.39 is 12.1 Å². The van der Waals surface area contributed by atoms with E-state index in [2.05, 4.69) is 4.74 Å². The first kappa shape index (κ1) is 10.3. The number of carboxylic acids is 1. The minimum absolute atomic E-state index is 0.200. The van der Waals surface area contributed by atoms with Crippen molar-refractivity contribution in [1.82, 2.24) is 0 Å². The molecule has 0 aliphatic rings. The monoisotopic (exact) mass is 216 g/mol. The Bertz CT molecular complexity index is 387. The molecule has 2 N–H and O–H groups in total. The first-order chi connectivity index (χ1) is 6.50. The first-order valence-corrected chi connectivity index (χ1v) is 3.82. The minimum Gasteiger partial charge on any atom is -0.478 e. The second kappa shape index (κ2) is 3.97. The van der Waals surface area contributed by atoms with Gasteiger partial charge in [-0.2, -0.15) is 0 Å². The molecule has 0 aromatic heterocycles. The van der Waals surface area contributed by atoms with Crippen LogP contribution in [0.4, 0.5) is 4.79 Å². The van der Waals surface area contributed by atoms with Gasteiger partial charge in [0.05, 0.1) is 0 Å². The van der Waals surface area contributed by atoms with Crippen LogP contribution in [0.3, 0.4) is 0 Å². The Balaban J connectivity index is 3.15. The van der Waals surface area contributed by atoms with Crippen molar-refractivity contribution < 1.29 is 24.5 Å². The van der Waals surface area contributed by atoms with Crippen molar-refractivity contribution in [3.8, 4) is 5.75 Å². The summed E-state index contributed by atoms with van der Waals surface area (Å²) in [5.41, 5.74) is -0.253. The lowest BCUT2D eigenvalue weighted by Gasteiger charge is -2.03. The molecule has 0 aliphatic heterocycles. The molecule has 0 radical (unpaired) electrons. The van der Waals surface area contributed by atoms with E-state index in [9.17, 15) is 9.59 Å². The molecule has 0 unspecified atom stereocenters. The van der Waals surface area contributed by atoms with Gasteiger partial charge >= 0.3 is 12.1 Å². The summed E-state index contributed by atoms with van der Waals surface area (Å²) in [5, 5.41) is 17.2. The second-order valence-corrected chi connectivity index (χ2v) is 2.75. The molecule has 0 saturated carbocycles. The Kier molecular flexibility index (Phi) is 2.93. The number of hydrogen-bond acceptors (Lipinski definition) is 3. The summed E-state index contributed by atoms with van der Waals surface area (Å²) in [6.45, 7) is 0. The zero-order chi connectivity index (χ0) is 10.7. The van der Waals surface area contributed by atoms with E-state index in [1.54, 1.807) is 0 Å². The quantitative estimate of drug-likeness (QED) is 0.584. The largest absolute Gasteiger partial charge is 0.511 e. The molecule has 5 nitrogen and oxygen atoms in total. The average Bonchev–Trinajstić information content (AvgIpc) is 2.01. The van der Waals surface area contributed by atoms with Gasteiger partial charge in [-0.15, -0.1) is 0 Å². The topological polar surface area (TPSA) is 83.8 Å². The minimum atomic E-state index is -1.59. The predicted molar refractivity (Wildman–Crippen MR) is 47.1 cm³/mol. The normalized spacial score (nSPS) is 9.50. The van der Waals surface area contributed by atoms with Crippen LogP contribution in [0, 0.1) is 0 Å². The zero-order valence-corrected chi connectivity index (χ0v) is 7.49. The van der Waals surface area contributed by atoms with Gasteiger partial charge in [-0.1, -0.05) is 11.6 Å². The fourth-order valence-electron chi connectivity index (χ4n) is 0.851. The van der Waals surface area contributed by atoms with Crippen molar-refractivity contribution in [1.29, 1.82) is 0 Å². The van der Waals surface area contributed by atoms with Crippen LogP contribution in [-0.4, -0.2) is 22.3 Å². The third-order valence-corrected chi connectivity index (χ3v) is 1.61. The maximum Gasteiger partial charge on any atom is 0.511 e. The van der Waals surface area contributed by atoms with Crippen molar-refractivity contribution in [2.24, 2.45) is 0 Å². The van der Waals surface area contributed by atoms with Crippen LogP contribution in [0.25, 0.3) is 0 Å². The number of rotatable bonds is 2. The van der Waals surface area contributed by atoms with Crippen molar-refractivity contribution in [2.45, 2.75) is 0 Å². The van der Waals surface area contributed by atoms with Crippen molar-refractivity contribution >= 4 is 23.7 Å². The zero-order valence-electron chi connectivity index (χ0n) is 6.73. The summed E-state index contributed by atoms with van der Waals surface area (Å²) in [7, 11) is 0. The highest BCUT2D eigenvalue weighted by Crippen LogP contribution is 2.23. The molecule has 0 bridgehead atoms. The van der Waals surface area contributed by atoms with Gasteiger partial charge in [0.25, 0.3) is 0 Å². The standard InChI is InChI=1S/C8H5ClO5/c9-4-1-2-5(7(10)11)6(3-4)14-8(12)13/h1-3H,(H,10,11)(H,12,13). The van der Waals surface area contributed by atoms with Crippen LogP contribution in [0.1, 0.15) is 10.4 Å². The highest BCUT2D eigenvalue weighted by Gasteiger charge is 2.14. The summed E-state index contributed by atoms with van der Waals surface area (Å²) in [6.07, 6.45) is -1.59. The molecular weight excluding hydrogens is 212 g/mol. The van der Waals surface area contributed by atoms with Gasteiger partial charge in [0, 0.05) is 11.1 Å². The van der Waals surface area contributed by atoms with Crippen molar-refractivity contribution in [3.63, 3.8) is 0 Å². The molecule has 0 aliphatic carbocycles. The molecule has 0 heterocycles. The number of carbonyl (C=O) groups is 2. The van der Waals surface area contributed by atoms with Crippen LogP contribution in [0.2, 0.25) is 5.02 Å². The van der Waals surface area contributed by atoms with Crippen LogP contribution in [0.5, 0.6) is 5.75 Å². The van der Waals surface area contributed by atoms with Gasteiger partial charge in [0.1, 0.15) is 5.56 Å². The summed E-state index contributed by atoms with van der Waals surface area (Å²) in [4.78, 5) is 20.8. The number of ether oxygens (including phenoxy) is 1. The highest BCUT2D eigenvalue weighted by atomic mass is 35.5. The van der Waals surface area contributed by atoms with Crippen LogP contribution in [-0.2, 0) is 0 Å². The Labute approximate surface area is 83.5 Å².